The molecule has 5 heteroatoms. The third-order valence-electron chi connectivity index (χ3n) is 10.3. The second kappa shape index (κ2) is 13.5. The number of phenols is 4. The molecule has 8 bridgehead atoms. The van der Waals surface area contributed by atoms with E-state index >= 15 is 0 Å². The molecule has 1 aliphatic rings. The highest BCUT2D eigenvalue weighted by atomic mass is 16.3. The summed E-state index contributed by atoms with van der Waals surface area (Å²) < 4.78 is 0. The molecule has 270 valence electrons. The molecular formula is C47H53NO4. The number of aromatic hydroxyl groups is 4. The summed E-state index contributed by atoms with van der Waals surface area (Å²) in [5, 5.41) is 47.9. The number of fused-ring (bicyclic) bond motifs is 8. The molecule has 5 aromatic rings. The standard InChI is InChI=1S/C47H53NO4/c1-45(2,3)37-22-31-18-29-16-28(13-14-40-12-10-11-15-48-40)17-30(41(29)49)19-32-23-38(46(4,5)6)25-34(43(32)51)21-36-27-39(47(7,8)9)26-35(44(36)52)20-33(24-37)42(31)50/h10-17,22-27,49-52H,18-21H2,1-9H3/b14-13+. The fourth-order valence-corrected chi connectivity index (χ4v) is 7.02. The van der Waals surface area contributed by atoms with Crippen LogP contribution in [-0.2, 0) is 41.9 Å². The average molecular weight is 696 g/mol. The molecule has 0 fully saturated rings. The number of hydrogen-bond acceptors (Lipinski definition) is 5. The molecule has 6 rings (SSSR count). The molecule has 0 saturated heterocycles. The average Bonchev–Trinajstić information content (AvgIpc) is 3.05. The summed E-state index contributed by atoms with van der Waals surface area (Å²) >= 11 is 0. The van der Waals surface area contributed by atoms with Gasteiger partial charge in [-0.3, -0.25) is 4.98 Å². The maximum atomic E-state index is 12.0. The Morgan fingerprint density at radius 2 is 0.750 bits per heavy atom. The number of rotatable bonds is 2. The number of nitrogens with zero attached hydrogens (tertiary/aromatic N) is 1. The van der Waals surface area contributed by atoms with Crippen molar-refractivity contribution in [3.8, 4) is 23.0 Å². The van der Waals surface area contributed by atoms with Gasteiger partial charge in [-0.05, 0) is 113 Å². The summed E-state index contributed by atoms with van der Waals surface area (Å²) in [5.74, 6) is 0.644. The van der Waals surface area contributed by atoms with Crippen molar-refractivity contribution >= 4 is 12.2 Å². The zero-order valence-electron chi connectivity index (χ0n) is 32.1. The van der Waals surface area contributed by atoms with Crippen molar-refractivity contribution in [1.82, 2.24) is 4.98 Å². The molecule has 0 spiro atoms. The molecule has 0 saturated carbocycles. The van der Waals surface area contributed by atoms with E-state index in [1.807, 2.05) is 66.7 Å². The van der Waals surface area contributed by atoms with E-state index in [2.05, 4.69) is 79.4 Å². The van der Waals surface area contributed by atoms with Crippen LogP contribution >= 0.6 is 0 Å². The van der Waals surface area contributed by atoms with Crippen LogP contribution in [0.2, 0.25) is 0 Å². The van der Waals surface area contributed by atoms with E-state index in [-0.39, 0.29) is 52.1 Å². The monoisotopic (exact) mass is 695 g/mol. The molecule has 4 N–H and O–H groups in total. The maximum Gasteiger partial charge on any atom is 0.122 e. The minimum atomic E-state index is -0.218. The summed E-state index contributed by atoms with van der Waals surface area (Å²) in [7, 11) is 0. The van der Waals surface area contributed by atoms with Gasteiger partial charge in [0.1, 0.15) is 23.0 Å². The van der Waals surface area contributed by atoms with Gasteiger partial charge in [-0.15, -0.1) is 0 Å². The highest BCUT2D eigenvalue weighted by Crippen LogP contribution is 2.42. The molecule has 0 aliphatic heterocycles. The second-order valence-electron chi connectivity index (χ2n) is 17.7. The highest BCUT2D eigenvalue weighted by molar-refractivity contribution is 5.70. The topological polar surface area (TPSA) is 93.8 Å². The van der Waals surface area contributed by atoms with Crippen LogP contribution in [0.3, 0.4) is 0 Å². The lowest BCUT2D eigenvalue weighted by atomic mass is 9.80. The van der Waals surface area contributed by atoms with Gasteiger partial charge in [0.05, 0.1) is 5.69 Å². The Morgan fingerprint density at radius 1 is 0.442 bits per heavy atom. The third kappa shape index (κ3) is 7.74. The van der Waals surface area contributed by atoms with Crippen LogP contribution in [0.5, 0.6) is 23.0 Å². The van der Waals surface area contributed by atoms with Gasteiger partial charge in [-0.2, -0.15) is 0 Å². The zero-order chi connectivity index (χ0) is 37.7. The molecule has 0 unspecified atom stereocenters. The summed E-state index contributed by atoms with van der Waals surface area (Å²) in [6.45, 7) is 19.4. The molecule has 0 radical (unpaired) electrons. The molecular weight excluding hydrogens is 643 g/mol. The van der Waals surface area contributed by atoms with Gasteiger partial charge in [-0.1, -0.05) is 111 Å². The molecule has 1 aromatic heterocycles. The van der Waals surface area contributed by atoms with E-state index in [0.717, 1.165) is 39.1 Å². The normalized spacial score (nSPS) is 13.8. The summed E-state index contributed by atoms with van der Waals surface area (Å²) in [6, 6.07) is 22.0. The van der Waals surface area contributed by atoms with Crippen molar-refractivity contribution < 1.29 is 20.4 Å². The van der Waals surface area contributed by atoms with E-state index < -0.39 is 0 Å². The zero-order valence-corrected chi connectivity index (χ0v) is 32.1. The summed E-state index contributed by atoms with van der Waals surface area (Å²) in [5.41, 5.74) is 9.86. The minimum absolute atomic E-state index is 0.143. The van der Waals surface area contributed by atoms with Crippen LogP contribution in [0.1, 0.15) is 135 Å². The van der Waals surface area contributed by atoms with Gasteiger partial charge in [0, 0.05) is 31.9 Å². The molecule has 4 aromatic carbocycles. The molecule has 0 amide bonds. The molecule has 1 aliphatic carbocycles. The van der Waals surface area contributed by atoms with Crippen LogP contribution in [0.4, 0.5) is 0 Å². The van der Waals surface area contributed by atoms with Crippen molar-refractivity contribution in [2.45, 2.75) is 104 Å². The Morgan fingerprint density at radius 3 is 1.02 bits per heavy atom. The maximum absolute atomic E-state index is 12.0. The molecule has 0 atom stereocenters. The second-order valence-corrected chi connectivity index (χ2v) is 17.7. The predicted molar refractivity (Wildman–Crippen MR) is 213 cm³/mol. The Bertz CT molecular complexity index is 2060. The first kappa shape index (κ1) is 36.8. The predicted octanol–water partition coefficient (Wildman–Crippen LogP) is 10.6. The largest absolute Gasteiger partial charge is 0.507 e. The third-order valence-corrected chi connectivity index (χ3v) is 10.3. The first-order chi connectivity index (χ1) is 24.3. The van der Waals surface area contributed by atoms with E-state index in [1.165, 1.54) is 0 Å². The van der Waals surface area contributed by atoms with Crippen molar-refractivity contribution in [2.24, 2.45) is 0 Å². The molecule has 1 heterocycles. The van der Waals surface area contributed by atoms with Crippen molar-refractivity contribution in [1.29, 1.82) is 0 Å². The SMILES string of the molecule is CC(C)(C)c1cc2c(O)c(c1)Cc1cc(C(C)(C)C)cc(c1O)Cc1cc(C(C)(C)C)cc(c1O)Cc1cc(/C=C/c3ccccn3)cc(c1O)C2. The van der Waals surface area contributed by atoms with Gasteiger partial charge >= 0.3 is 0 Å². The van der Waals surface area contributed by atoms with E-state index in [9.17, 15) is 20.4 Å². The first-order valence-corrected chi connectivity index (χ1v) is 18.3. The van der Waals surface area contributed by atoms with Gasteiger partial charge < -0.3 is 20.4 Å². The van der Waals surface area contributed by atoms with E-state index in [0.29, 0.717) is 46.2 Å². The van der Waals surface area contributed by atoms with Crippen LogP contribution < -0.4 is 0 Å². The quantitative estimate of drug-likeness (QED) is 0.145. The van der Waals surface area contributed by atoms with Gasteiger partial charge in [0.25, 0.3) is 0 Å². The summed E-state index contributed by atoms with van der Waals surface area (Å²) in [4.78, 5) is 4.45. The van der Waals surface area contributed by atoms with E-state index in [4.69, 9.17) is 0 Å². The smallest absolute Gasteiger partial charge is 0.122 e. The Kier molecular flexibility index (Phi) is 9.54. The Balaban J connectivity index is 1.65. The fourth-order valence-electron chi connectivity index (χ4n) is 7.02. The lowest BCUT2D eigenvalue weighted by Crippen LogP contribution is -2.15. The van der Waals surface area contributed by atoms with Crippen LogP contribution in [0.25, 0.3) is 12.2 Å². The molecule has 5 nitrogen and oxygen atoms in total. The van der Waals surface area contributed by atoms with Crippen LogP contribution in [0.15, 0.2) is 72.9 Å². The number of hydrogen-bond donors (Lipinski definition) is 4. The van der Waals surface area contributed by atoms with Crippen molar-refractivity contribution in [2.75, 3.05) is 0 Å². The number of aromatic nitrogens is 1. The van der Waals surface area contributed by atoms with Gasteiger partial charge in [-0.25, -0.2) is 0 Å². The minimum Gasteiger partial charge on any atom is -0.507 e. The Labute approximate surface area is 309 Å². The lowest BCUT2D eigenvalue weighted by molar-refractivity contribution is 0.449. The van der Waals surface area contributed by atoms with Crippen molar-refractivity contribution in [3.05, 3.63) is 145 Å². The summed E-state index contributed by atoms with van der Waals surface area (Å²) in [6.07, 6.45) is 6.89. The number of benzene rings is 4. The van der Waals surface area contributed by atoms with Crippen molar-refractivity contribution in [3.63, 3.8) is 0 Å². The lowest BCUT2D eigenvalue weighted by Gasteiger charge is -2.26. The Hall–Kier alpha value is -5.03. The van der Waals surface area contributed by atoms with Crippen LogP contribution in [-0.4, -0.2) is 25.4 Å². The number of phenolic OH excluding ortho intramolecular Hbond substituents is 4. The highest BCUT2D eigenvalue weighted by Gasteiger charge is 2.26. The van der Waals surface area contributed by atoms with Gasteiger partial charge in [0.2, 0.25) is 0 Å². The van der Waals surface area contributed by atoms with Crippen LogP contribution in [0, 0.1) is 0 Å². The fraction of sp³-hybridized carbons (Fsp3) is 0.340. The molecule has 52 heavy (non-hydrogen) atoms. The number of pyridine rings is 1. The van der Waals surface area contributed by atoms with Gasteiger partial charge in [0.15, 0.2) is 0 Å². The first-order valence-electron chi connectivity index (χ1n) is 18.3. The van der Waals surface area contributed by atoms with E-state index in [1.54, 1.807) is 6.20 Å².